The van der Waals surface area contributed by atoms with Crippen molar-refractivity contribution in [1.29, 1.82) is 0 Å². The van der Waals surface area contributed by atoms with Crippen LogP contribution in [0.3, 0.4) is 0 Å². The third kappa shape index (κ3) is 4.25. The van der Waals surface area contributed by atoms with Crippen LogP contribution in [0.2, 0.25) is 5.15 Å². The molecule has 1 rings (SSSR count). The Balaban J connectivity index is 2.58. The van der Waals surface area contributed by atoms with Gasteiger partial charge in [0.2, 0.25) is 0 Å². The molecule has 0 spiro atoms. The summed E-state index contributed by atoms with van der Waals surface area (Å²) >= 11 is 5.54. The predicted octanol–water partition coefficient (Wildman–Crippen LogP) is 2.33. The van der Waals surface area contributed by atoms with Crippen LogP contribution >= 0.6 is 11.6 Å². The van der Waals surface area contributed by atoms with E-state index >= 15 is 0 Å². The Bertz CT molecular complexity index is 343. The van der Waals surface area contributed by atoms with Crippen molar-refractivity contribution in [3.63, 3.8) is 0 Å². The van der Waals surface area contributed by atoms with Crippen molar-refractivity contribution < 1.29 is 9.53 Å². The molecule has 0 amide bonds. The van der Waals surface area contributed by atoms with Crippen LogP contribution in [0.1, 0.15) is 31.3 Å². The van der Waals surface area contributed by atoms with Gasteiger partial charge in [0.25, 0.3) is 0 Å². The fraction of sp³-hybridized carbons (Fsp3) is 0.500. The highest BCUT2D eigenvalue weighted by atomic mass is 35.5. The van der Waals surface area contributed by atoms with Crippen molar-refractivity contribution in [2.24, 2.45) is 5.41 Å². The minimum Gasteiger partial charge on any atom is -0.460 e. The van der Waals surface area contributed by atoms with Crippen LogP contribution in [0, 0.1) is 5.41 Å². The van der Waals surface area contributed by atoms with Gasteiger partial charge in [0.05, 0.1) is 19.0 Å². The number of ether oxygens (including phenoxy) is 1. The number of esters is 1. The fourth-order valence-electron chi connectivity index (χ4n) is 0.774. The first-order chi connectivity index (χ1) is 6.88. The molecular formula is C10H13ClN2O2. The molecule has 0 aliphatic rings. The fourth-order valence-corrected chi connectivity index (χ4v) is 0.871. The Morgan fingerprint density at radius 1 is 1.40 bits per heavy atom. The molecule has 1 heterocycles. The molecule has 0 aromatic carbocycles. The first-order valence-electron chi connectivity index (χ1n) is 4.53. The molecule has 0 aliphatic carbocycles. The Labute approximate surface area is 93.6 Å². The Morgan fingerprint density at radius 3 is 2.53 bits per heavy atom. The van der Waals surface area contributed by atoms with Crippen LogP contribution in [0.4, 0.5) is 0 Å². The highest BCUT2D eigenvalue weighted by molar-refractivity contribution is 6.29. The quantitative estimate of drug-likeness (QED) is 0.729. The second-order valence-electron chi connectivity index (χ2n) is 4.36. The van der Waals surface area contributed by atoms with Gasteiger partial charge in [0.15, 0.2) is 5.69 Å². The lowest BCUT2D eigenvalue weighted by atomic mass is 9.99. The van der Waals surface area contributed by atoms with Gasteiger partial charge in [-0.1, -0.05) is 32.4 Å². The van der Waals surface area contributed by atoms with Crippen molar-refractivity contribution in [3.05, 3.63) is 23.2 Å². The molecule has 0 fully saturated rings. The lowest BCUT2D eigenvalue weighted by molar-refractivity contribution is 0.0359. The molecule has 5 heteroatoms. The molecule has 0 N–H and O–H groups in total. The number of nitrogens with zero attached hydrogens (tertiary/aromatic N) is 2. The number of carbonyl (C=O) groups is 1. The van der Waals surface area contributed by atoms with Crippen molar-refractivity contribution in [2.75, 3.05) is 6.61 Å². The van der Waals surface area contributed by atoms with E-state index in [2.05, 4.69) is 9.97 Å². The highest BCUT2D eigenvalue weighted by Crippen LogP contribution is 2.13. The third-order valence-electron chi connectivity index (χ3n) is 1.47. The maximum absolute atomic E-state index is 11.4. The van der Waals surface area contributed by atoms with E-state index in [4.69, 9.17) is 16.3 Å². The van der Waals surface area contributed by atoms with Gasteiger partial charge in [-0.3, -0.25) is 0 Å². The Hall–Kier alpha value is -1.16. The average Bonchev–Trinajstić information content (AvgIpc) is 2.14. The molecule has 1 aromatic rings. The molecule has 1 aromatic heterocycles. The van der Waals surface area contributed by atoms with Gasteiger partial charge in [-0.2, -0.15) is 0 Å². The van der Waals surface area contributed by atoms with Crippen LogP contribution < -0.4 is 0 Å². The highest BCUT2D eigenvalue weighted by Gasteiger charge is 2.15. The molecule has 0 unspecified atom stereocenters. The largest absolute Gasteiger partial charge is 0.460 e. The summed E-state index contributed by atoms with van der Waals surface area (Å²) in [6, 6.07) is 0. The molecule has 0 saturated carbocycles. The average molecular weight is 229 g/mol. The molecule has 82 valence electrons. The second kappa shape index (κ2) is 4.57. The van der Waals surface area contributed by atoms with Crippen LogP contribution in [-0.2, 0) is 4.74 Å². The van der Waals surface area contributed by atoms with Crippen molar-refractivity contribution in [3.8, 4) is 0 Å². The zero-order valence-electron chi connectivity index (χ0n) is 8.95. The van der Waals surface area contributed by atoms with Crippen LogP contribution in [0.5, 0.6) is 0 Å². The molecule has 0 atom stereocenters. The lowest BCUT2D eigenvalue weighted by Gasteiger charge is -2.17. The molecule has 0 radical (unpaired) electrons. The van der Waals surface area contributed by atoms with E-state index in [1.807, 2.05) is 20.8 Å². The number of hydrogen-bond acceptors (Lipinski definition) is 4. The maximum Gasteiger partial charge on any atom is 0.358 e. The number of carbonyl (C=O) groups excluding carboxylic acids is 1. The standard InChI is InChI=1S/C10H13ClN2O2/c1-10(2,3)6-15-9(14)7-4-13-8(11)5-12-7/h4-5H,6H2,1-3H3. The van der Waals surface area contributed by atoms with Crippen LogP contribution in [0.25, 0.3) is 0 Å². The smallest absolute Gasteiger partial charge is 0.358 e. The van der Waals surface area contributed by atoms with E-state index in [-0.39, 0.29) is 16.3 Å². The van der Waals surface area contributed by atoms with Crippen molar-refractivity contribution in [1.82, 2.24) is 9.97 Å². The molecular weight excluding hydrogens is 216 g/mol. The summed E-state index contributed by atoms with van der Waals surface area (Å²) in [6.45, 7) is 6.28. The monoisotopic (exact) mass is 228 g/mol. The van der Waals surface area contributed by atoms with Gasteiger partial charge in [0, 0.05) is 0 Å². The van der Waals surface area contributed by atoms with Crippen molar-refractivity contribution in [2.45, 2.75) is 20.8 Å². The van der Waals surface area contributed by atoms with Gasteiger partial charge in [0.1, 0.15) is 5.15 Å². The SMILES string of the molecule is CC(C)(C)COC(=O)c1cnc(Cl)cn1. The number of rotatable bonds is 2. The van der Waals surface area contributed by atoms with E-state index in [1.165, 1.54) is 12.4 Å². The van der Waals surface area contributed by atoms with Gasteiger partial charge >= 0.3 is 5.97 Å². The third-order valence-corrected chi connectivity index (χ3v) is 1.66. The van der Waals surface area contributed by atoms with Gasteiger partial charge in [-0.25, -0.2) is 14.8 Å². The molecule has 15 heavy (non-hydrogen) atoms. The van der Waals surface area contributed by atoms with Crippen LogP contribution in [-0.4, -0.2) is 22.5 Å². The van der Waals surface area contributed by atoms with Gasteiger partial charge < -0.3 is 4.74 Å². The van der Waals surface area contributed by atoms with Gasteiger partial charge in [-0.15, -0.1) is 0 Å². The minimum atomic E-state index is -0.478. The summed E-state index contributed by atoms with van der Waals surface area (Å²) in [5.74, 6) is -0.478. The molecule has 0 aliphatic heterocycles. The van der Waals surface area contributed by atoms with E-state index in [9.17, 15) is 4.79 Å². The van der Waals surface area contributed by atoms with Crippen LogP contribution in [0.15, 0.2) is 12.4 Å². The maximum atomic E-state index is 11.4. The molecule has 4 nitrogen and oxygen atoms in total. The summed E-state index contributed by atoms with van der Waals surface area (Å²) in [7, 11) is 0. The Kier molecular flexibility index (Phi) is 3.63. The number of halogens is 1. The Morgan fingerprint density at radius 2 is 2.07 bits per heavy atom. The summed E-state index contributed by atoms with van der Waals surface area (Å²) in [4.78, 5) is 19.0. The van der Waals surface area contributed by atoms with E-state index < -0.39 is 5.97 Å². The lowest BCUT2D eigenvalue weighted by Crippen LogP contribution is -2.19. The normalized spacial score (nSPS) is 11.2. The predicted molar refractivity (Wildman–Crippen MR) is 56.8 cm³/mol. The number of aromatic nitrogens is 2. The summed E-state index contributed by atoms with van der Waals surface area (Å²) in [5, 5.41) is 0.252. The zero-order chi connectivity index (χ0) is 11.5. The first-order valence-corrected chi connectivity index (χ1v) is 4.91. The summed E-state index contributed by atoms with van der Waals surface area (Å²) in [5.41, 5.74) is 0.110. The van der Waals surface area contributed by atoms with E-state index in [1.54, 1.807) is 0 Å². The second-order valence-corrected chi connectivity index (χ2v) is 4.75. The summed E-state index contributed by atoms with van der Waals surface area (Å²) in [6.07, 6.45) is 2.61. The topological polar surface area (TPSA) is 52.1 Å². The van der Waals surface area contributed by atoms with Crippen molar-refractivity contribution >= 4 is 17.6 Å². The minimum absolute atomic E-state index is 0.0600. The van der Waals surface area contributed by atoms with Gasteiger partial charge in [-0.05, 0) is 5.41 Å². The summed E-state index contributed by atoms with van der Waals surface area (Å²) < 4.78 is 5.05. The zero-order valence-corrected chi connectivity index (χ0v) is 9.71. The molecule has 0 bridgehead atoms. The molecule has 0 saturated heterocycles. The van der Waals surface area contributed by atoms with E-state index in [0.717, 1.165) is 0 Å². The number of hydrogen-bond donors (Lipinski definition) is 0. The van der Waals surface area contributed by atoms with E-state index in [0.29, 0.717) is 6.61 Å². The first kappa shape index (κ1) is 11.9.